The Hall–Kier alpha value is -4.16. The van der Waals surface area contributed by atoms with Crippen molar-refractivity contribution in [2.75, 3.05) is 44.6 Å². The number of anilines is 3. The summed E-state index contributed by atoms with van der Waals surface area (Å²) in [5, 5.41) is 7.48. The van der Waals surface area contributed by atoms with E-state index in [9.17, 15) is 13.2 Å². The van der Waals surface area contributed by atoms with Crippen molar-refractivity contribution in [3.63, 3.8) is 0 Å². The molecule has 36 heavy (non-hydrogen) atoms. The molecular weight excluding hydrogens is 479 g/mol. The van der Waals surface area contributed by atoms with E-state index in [0.717, 1.165) is 0 Å². The molecule has 1 aromatic carbocycles. The Morgan fingerprint density at radius 1 is 1.08 bits per heavy atom. The second kappa shape index (κ2) is 9.13. The van der Waals surface area contributed by atoms with E-state index in [4.69, 9.17) is 14.2 Å². The summed E-state index contributed by atoms with van der Waals surface area (Å²) >= 11 is 0. The number of rotatable bonds is 7. The molecule has 190 valence electrons. The van der Waals surface area contributed by atoms with Crippen LogP contribution < -0.4 is 24.4 Å². The lowest BCUT2D eigenvalue weighted by molar-refractivity contribution is -0.168. The average molecular weight is 503 g/mol. The van der Waals surface area contributed by atoms with Gasteiger partial charge < -0.3 is 29.0 Å². The number of imidazole rings is 1. The minimum atomic E-state index is -4.24. The highest BCUT2D eigenvalue weighted by molar-refractivity contribution is 5.71. The van der Waals surface area contributed by atoms with Crippen molar-refractivity contribution in [1.82, 2.24) is 24.1 Å². The van der Waals surface area contributed by atoms with Gasteiger partial charge in [-0.15, -0.1) is 5.10 Å². The Balaban J connectivity index is 1.43. The zero-order chi connectivity index (χ0) is 25.4. The van der Waals surface area contributed by atoms with E-state index in [-0.39, 0.29) is 25.5 Å². The number of fused-ring (bicyclic) bond motifs is 1. The van der Waals surface area contributed by atoms with E-state index in [1.54, 1.807) is 57.0 Å². The van der Waals surface area contributed by atoms with E-state index in [1.807, 2.05) is 0 Å². The van der Waals surface area contributed by atoms with Gasteiger partial charge in [-0.2, -0.15) is 18.2 Å². The molecule has 1 aliphatic heterocycles. The first-order chi connectivity index (χ1) is 17.3. The third-order valence-electron chi connectivity index (χ3n) is 6.09. The van der Waals surface area contributed by atoms with Crippen LogP contribution in [0.25, 0.3) is 11.2 Å². The molecule has 1 aliphatic rings. The van der Waals surface area contributed by atoms with Crippen LogP contribution in [0.5, 0.6) is 17.2 Å². The van der Waals surface area contributed by atoms with Crippen molar-refractivity contribution in [2.24, 2.45) is 5.92 Å². The number of nitrogens with one attached hydrogen (secondary N) is 1. The van der Waals surface area contributed by atoms with E-state index in [0.29, 0.717) is 40.1 Å². The van der Waals surface area contributed by atoms with Crippen LogP contribution >= 0.6 is 0 Å². The molecule has 4 aromatic rings. The lowest BCUT2D eigenvalue weighted by Crippen LogP contribution is -2.28. The largest absolute Gasteiger partial charge is 0.493 e. The van der Waals surface area contributed by atoms with Crippen molar-refractivity contribution < 1.29 is 27.4 Å². The predicted octanol–water partition coefficient (Wildman–Crippen LogP) is 4.07. The normalized spacial score (nSPS) is 15.9. The highest BCUT2D eigenvalue weighted by atomic mass is 19.4. The topological polar surface area (TPSA) is 91.0 Å². The molecule has 0 unspecified atom stereocenters. The average Bonchev–Trinajstić information content (AvgIpc) is 3.63. The first-order valence-corrected chi connectivity index (χ1v) is 11.1. The summed E-state index contributed by atoms with van der Waals surface area (Å²) in [5.74, 6) is 1.15. The van der Waals surface area contributed by atoms with Crippen LogP contribution in [0, 0.1) is 5.92 Å². The van der Waals surface area contributed by atoms with Gasteiger partial charge in [0, 0.05) is 31.4 Å². The van der Waals surface area contributed by atoms with Gasteiger partial charge in [0.2, 0.25) is 11.7 Å². The Kier molecular flexibility index (Phi) is 5.98. The first kappa shape index (κ1) is 23.6. The number of alkyl halides is 3. The highest BCUT2D eigenvalue weighted by Gasteiger charge is 2.44. The van der Waals surface area contributed by atoms with Gasteiger partial charge in [-0.1, -0.05) is 0 Å². The maximum absolute atomic E-state index is 13.2. The number of hydrogen-bond donors (Lipinski definition) is 1. The van der Waals surface area contributed by atoms with Crippen LogP contribution in [0.3, 0.4) is 0 Å². The van der Waals surface area contributed by atoms with Crippen LogP contribution in [0.2, 0.25) is 0 Å². The molecule has 1 atom stereocenters. The third-order valence-corrected chi connectivity index (χ3v) is 6.09. The number of aromatic nitrogens is 5. The lowest BCUT2D eigenvalue weighted by Gasteiger charge is -2.20. The maximum atomic E-state index is 13.2. The van der Waals surface area contributed by atoms with Gasteiger partial charge in [-0.05, 0) is 18.6 Å². The molecule has 13 heteroatoms. The molecule has 0 saturated carbocycles. The Bertz CT molecular complexity index is 1360. The van der Waals surface area contributed by atoms with Crippen molar-refractivity contribution >= 4 is 23.1 Å². The third kappa shape index (κ3) is 4.32. The van der Waals surface area contributed by atoms with Crippen LogP contribution in [0.15, 0.2) is 43.0 Å². The summed E-state index contributed by atoms with van der Waals surface area (Å²) in [6.45, 7) is 0.119. The minimum Gasteiger partial charge on any atom is -0.493 e. The molecule has 5 rings (SSSR count). The molecule has 3 aromatic heterocycles. The standard InChI is InChI=1S/C23H24F3N7O3/c1-34-17-9-15(10-18(35-2)20(17)36-3)32-12-19(27-13-32)28-22-29-21(16-5-4-7-33(16)30-22)31-8-6-14(11-31)23(24,25)26/h4-5,7,9-10,12-14H,6,8,11H2,1-3H3,(H,28,30)/t14-/m0/s1. The fourth-order valence-electron chi connectivity index (χ4n) is 4.28. The molecular formula is C23H24F3N7O3. The Labute approximate surface area is 204 Å². The lowest BCUT2D eigenvalue weighted by atomic mass is 10.1. The molecule has 0 aliphatic carbocycles. The SMILES string of the molecule is COc1cc(-n2cnc(Nc3nc(N4CC[C@H](C(F)(F)F)C4)c4cccn4n3)c2)cc(OC)c1OC. The molecule has 0 spiro atoms. The number of ether oxygens (including phenoxy) is 3. The predicted molar refractivity (Wildman–Crippen MR) is 126 cm³/mol. The van der Waals surface area contributed by atoms with Gasteiger partial charge in [0.05, 0.1) is 39.1 Å². The fourth-order valence-corrected chi connectivity index (χ4v) is 4.28. The molecule has 1 N–H and O–H groups in total. The molecule has 1 fully saturated rings. The van der Waals surface area contributed by atoms with Crippen molar-refractivity contribution in [3.8, 4) is 22.9 Å². The molecule has 0 radical (unpaired) electrons. The number of benzene rings is 1. The van der Waals surface area contributed by atoms with E-state index >= 15 is 0 Å². The van der Waals surface area contributed by atoms with Gasteiger partial charge in [-0.3, -0.25) is 0 Å². The smallest absolute Gasteiger partial charge is 0.393 e. The Morgan fingerprint density at radius 3 is 2.47 bits per heavy atom. The summed E-state index contributed by atoms with van der Waals surface area (Å²) < 4.78 is 59.2. The van der Waals surface area contributed by atoms with Gasteiger partial charge >= 0.3 is 6.18 Å². The summed E-state index contributed by atoms with van der Waals surface area (Å²) in [7, 11) is 4.59. The monoisotopic (exact) mass is 503 g/mol. The second-order valence-electron chi connectivity index (χ2n) is 8.24. The minimum absolute atomic E-state index is 0.0301. The van der Waals surface area contributed by atoms with Crippen LogP contribution in [0.4, 0.5) is 30.8 Å². The van der Waals surface area contributed by atoms with Crippen molar-refractivity contribution in [1.29, 1.82) is 0 Å². The van der Waals surface area contributed by atoms with Gasteiger partial charge in [0.15, 0.2) is 23.1 Å². The number of methoxy groups -OCH3 is 3. The Morgan fingerprint density at radius 2 is 1.83 bits per heavy atom. The zero-order valence-electron chi connectivity index (χ0n) is 19.8. The highest BCUT2D eigenvalue weighted by Crippen LogP contribution is 2.39. The first-order valence-electron chi connectivity index (χ1n) is 11.1. The van der Waals surface area contributed by atoms with Crippen LogP contribution in [0.1, 0.15) is 6.42 Å². The van der Waals surface area contributed by atoms with Crippen molar-refractivity contribution in [2.45, 2.75) is 12.6 Å². The van der Waals surface area contributed by atoms with Crippen LogP contribution in [-0.4, -0.2) is 64.7 Å². The molecule has 4 heterocycles. The van der Waals surface area contributed by atoms with Crippen molar-refractivity contribution in [3.05, 3.63) is 43.0 Å². The molecule has 10 nitrogen and oxygen atoms in total. The molecule has 0 amide bonds. The van der Waals surface area contributed by atoms with E-state index in [2.05, 4.69) is 20.4 Å². The van der Waals surface area contributed by atoms with E-state index < -0.39 is 12.1 Å². The maximum Gasteiger partial charge on any atom is 0.393 e. The molecule has 0 bridgehead atoms. The zero-order valence-corrected chi connectivity index (χ0v) is 19.8. The number of nitrogens with zero attached hydrogens (tertiary/aromatic N) is 6. The quantitative estimate of drug-likeness (QED) is 0.404. The van der Waals surface area contributed by atoms with Gasteiger partial charge in [-0.25, -0.2) is 9.50 Å². The summed E-state index contributed by atoms with van der Waals surface area (Å²) in [6, 6.07) is 7.10. The fraction of sp³-hybridized carbons (Fsp3) is 0.348. The van der Waals surface area contributed by atoms with E-state index in [1.165, 1.54) is 21.3 Å². The second-order valence-corrected chi connectivity index (χ2v) is 8.24. The number of halogens is 3. The summed E-state index contributed by atoms with van der Waals surface area (Å²) in [6.07, 6.45) is 0.826. The van der Waals surface area contributed by atoms with Gasteiger partial charge in [0.25, 0.3) is 0 Å². The molecule has 1 saturated heterocycles. The number of hydrogen-bond acceptors (Lipinski definition) is 8. The summed E-state index contributed by atoms with van der Waals surface area (Å²) in [4.78, 5) is 10.6. The van der Waals surface area contributed by atoms with Crippen LogP contribution in [-0.2, 0) is 0 Å². The summed E-state index contributed by atoms with van der Waals surface area (Å²) in [5.41, 5.74) is 1.34. The van der Waals surface area contributed by atoms with Gasteiger partial charge in [0.1, 0.15) is 11.8 Å².